The van der Waals surface area contributed by atoms with E-state index in [4.69, 9.17) is 0 Å². The van der Waals surface area contributed by atoms with Gasteiger partial charge in [0.15, 0.2) is 5.78 Å². The van der Waals surface area contributed by atoms with Crippen LogP contribution in [0.25, 0.3) is 0 Å². The summed E-state index contributed by atoms with van der Waals surface area (Å²) in [4.78, 5) is 11.5. The van der Waals surface area contributed by atoms with Crippen LogP contribution in [0.1, 0.15) is 29.6 Å². The van der Waals surface area contributed by atoms with Gasteiger partial charge >= 0.3 is 0 Å². The third-order valence-corrected chi connectivity index (χ3v) is 1.91. The largest absolute Gasteiger partial charge is 0.294 e. The monoisotopic (exact) mass is 174 g/mol. The Hall–Kier alpha value is -1.37. The van der Waals surface area contributed by atoms with E-state index in [1.165, 1.54) is 0 Å². The number of carbonyl (C=O) groups excluding carboxylic acids is 1. The molecule has 1 heteroatoms. The van der Waals surface area contributed by atoms with Crippen molar-refractivity contribution in [3.8, 4) is 0 Å². The standard InChI is InChI=1S/C12H14O/c1-2-3-5-10-12(13)11-8-6-4-7-9-11/h2,4,6-9H,1,3,5,10H2. The fourth-order valence-electron chi connectivity index (χ4n) is 1.18. The Morgan fingerprint density at radius 3 is 2.62 bits per heavy atom. The Bertz CT molecular complexity index is 274. The molecule has 0 amide bonds. The van der Waals surface area contributed by atoms with E-state index in [-0.39, 0.29) is 5.78 Å². The van der Waals surface area contributed by atoms with Gasteiger partial charge in [-0.3, -0.25) is 4.79 Å². The molecule has 1 aromatic rings. The summed E-state index contributed by atoms with van der Waals surface area (Å²) in [6.45, 7) is 3.62. The van der Waals surface area contributed by atoms with Gasteiger partial charge in [-0.2, -0.15) is 0 Å². The predicted molar refractivity (Wildman–Crippen MR) is 54.8 cm³/mol. The molecule has 1 rings (SSSR count). The molecule has 0 radical (unpaired) electrons. The van der Waals surface area contributed by atoms with E-state index in [0.29, 0.717) is 6.42 Å². The Kier molecular flexibility index (Phi) is 3.97. The number of hydrogen-bond acceptors (Lipinski definition) is 1. The number of allylic oxidation sites excluding steroid dienone is 1. The highest BCUT2D eigenvalue weighted by molar-refractivity contribution is 5.95. The Balaban J connectivity index is 2.45. The number of Topliss-reactive ketones (excluding diaryl/α,β-unsaturated/α-hetero) is 1. The maximum absolute atomic E-state index is 11.5. The van der Waals surface area contributed by atoms with Crippen molar-refractivity contribution in [2.24, 2.45) is 0 Å². The first-order valence-corrected chi connectivity index (χ1v) is 4.53. The zero-order valence-corrected chi connectivity index (χ0v) is 7.70. The quantitative estimate of drug-likeness (QED) is 0.380. The first-order chi connectivity index (χ1) is 6.34. The van der Waals surface area contributed by atoms with Crippen LogP contribution in [-0.4, -0.2) is 5.78 Å². The van der Waals surface area contributed by atoms with Gasteiger partial charge in [0, 0.05) is 12.0 Å². The molecule has 0 bridgehead atoms. The molecule has 0 heterocycles. The van der Waals surface area contributed by atoms with E-state index in [2.05, 4.69) is 6.58 Å². The lowest BCUT2D eigenvalue weighted by atomic mass is 10.1. The highest BCUT2D eigenvalue weighted by Crippen LogP contribution is 2.06. The Morgan fingerprint density at radius 2 is 2.00 bits per heavy atom. The van der Waals surface area contributed by atoms with Crippen molar-refractivity contribution in [1.82, 2.24) is 0 Å². The van der Waals surface area contributed by atoms with Gasteiger partial charge in [0.1, 0.15) is 0 Å². The van der Waals surface area contributed by atoms with Gasteiger partial charge in [-0.1, -0.05) is 36.4 Å². The number of ketones is 1. The summed E-state index contributed by atoms with van der Waals surface area (Å²) >= 11 is 0. The van der Waals surface area contributed by atoms with E-state index >= 15 is 0 Å². The average Bonchev–Trinajstić information content (AvgIpc) is 2.19. The van der Waals surface area contributed by atoms with Crippen molar-refractivity contribution < 1.29 is 4.79 Å². The molecule has 0 unspecified atom stereocenters. The topological polar surface area (TPSA) is 17.1 Å². The van der Waals surface area contributed by atoms with Crippen LogP contribution < -0.4 is 0 Å². The summed E-state index contributed by atoms with van der Waals surface area (Å²) < 4.78 is 0. The SMILES string of the molecule is C=CCCCC(=O)c1ccccc1. The van der Waals surface area contributed by atoms with Crippen molar-refractivity contribution in [3.05, 3.63) is 48.6 Å². The second-order valence-corrected chi connectivity index (χ2v) is 2.97. The van der Waals surface area contributed by atoms with Crippen molar-refractivity contribution in [3.63, 3.8) is 0 Å². The normalized spacial score (nSPS) is 9.54. The van der Waals surface area contributed by atoms with Gasteiger partial charge in [-0.25, -0.2) is 0 Å². The third-order valence-electron chi connectivity index (χ3n) is 1.91. The van der Waals surface area contributed by atoms with Crippen LogP contribution in [0.2, 0.25) is 0 Å². The number of hydrogen-bond donors (Lipinski definition) is 0. The highest BCUT2D eigenvalue weighted by atomic mass is 16.1. The summed E-state index contributed by atoms with van der Waals surface area (Å²) in [5.74, 6) is 0.224. The van der Waals surface area contributed by atoms with Gasteiger partial charge in [0.2, 0.25) is 0 Å². The molecule has 0 fully saturated rings. The van der Waals surface area contributed by atoms with E-state index in [1.807, 2.05) is 36.4 Å². The second kappa shape index (κ2) is 5.31. The first-order valence-electron chi connectivity index (χ1n) is 4.53. The fourth-order valence-corrected chi connectivity index (χ4v) is 1.18. The van der Waals surface area contributed by atoms with Gasteiger partial charge in [0.05, 0.1) is 0 Å². The van der Waals surface area contributed by atoms with E-state index in [0.717, 1.165) is 18.4 Å². The van der Waals surface area contributed by atoms with Crippen LogP contribution >= 0.6 is 0 Å². The summed E-state index contributed by atoms with van der Waals surface area (Å²) in [7, 11) is 0. The molecule has 0 atom stereocenters. The smallest absolute Gasteiger partial charge is 0.162 e. The van der Waals surface area contributed by atoms with Crippen LogP contribution in [-0.2, 0) is 0 Å². The molecule has 0 N–H and O–H groups in total. The number of rotatable bonds is 5. The lowest BCUT2D eigenvalue weighted by Crippen LogP contribution is -1.97. The number of benzene rings is 1. The van der Waals surface area contributed by atoms with Crippen LogP contribution in [0, 0.1) is 0 Å². The van der Waals surface area contributed by atoms with Gasteiger partial charge < -0.3 is 0 Å². The molecule has 0 spiro atoms. The van der Waals surface area contributed by atoms with Crippen molar-refractivity contribution in [1.29, 1.82) is 0 Å². The lowest BCUT2D eigenvalue weighted by Gasteiger charge is -1.98. The van der Waals surface area contributed by atoms with E-state index in [9.17, 15) is 4.79 Å². The maximum atomic E-state index is 11.5. The molecule has 0 aliphatic rings. The number of unbranched alkanes of at least 4 members (excludes halogenated alkanes) is 1. The van der Waals surface area contributed by atoms with Crippen molar-refractivity contribution in [2.75, 3.05) is 0 Å². The molecule has 1 aromatic carbocycles. The molecule has 0 aliphatic heterocycles. The molecule has 68 valence electrons. The summed E-state index contributed by atoms with van der Waals surface area (Å²) in [6, 6.07) is 9.41. The molecule has 0 aromatic heterocycles. The van der Waals surface area contributed by atoms with Crippen molar-refractivity contribution >= 4 is 5.78 Å². The molecular weight excluding hydrogens is 160 g/mol. The van der Waals surface area contributed by atoms with E-state index in [1.54, 1.807) is 0 Å². The lowest BCUT2D eigenvalue weighted by molar-refractivity contribution is 0.0980. The Morgan fingerprint density at radius 1 is 1.31 bits per heavy atom. The summed E-state index contributed by atoms with van der Waals surface area (Å²) in [5, 5.41) is 0. The predicted octanol–water partition coefficient (Wildman–Crippen LogP) is 3.23. The molecular formula is C12H14O. The van der Waals surface area contributed by atoms with Gasteiger partial charge in [-0.15, -0.1) is 6.58 Å². The third kappa shape index (κ3) is 3.24. The Labute approximate surface area is 79.1 Å². The molecule has 0 saturated carbocycles. The summed E-state index contributed by atoms with van der Waals surface area (Å²) in [6.07, 6.45) is 4.28. The zero-order valence-electron chi connectivity index (χ0n) is 7.70. The highest BCUT2D eigenvalue weighted by Gasteiger charge is 2.02. The maximum Gasteiger partial charge on any atom is 0.162 e. The fraction of sp³-hybridized carbons (Fsp3) is 0.250. The second-order valence-electron chi connectivity index (χ2n) is 2.97. The van der Waals surface area contributed by atoms with E-state index < -0.39 is 0 Å². The molecule has 0 aliphatic carbocycles. The van der Waals surface area contributed by atoms with Gasteiger partial charge in [-0.05, 0) is 12.8 Å². The minimum absolute atomic E-state index is 0.224. The average molecular weight is 174 g/mol. The van der Waals surface area contributed by atoms with Crippen LogP contribution in [0.15, 0.2) is 43.0 Å². The molecule has 1 nitrogen and oxygen atoms in total. The zero-order chi connectivity index (χ0) is 9.52. The minimum atomic E-state index is 0.224. The molecule has 13 heavy (non-hydrogen) atoms. The van der Waals surface area contributed by atoms with Crippen molar-refractivity contribution in [2.45, 2.75) is 19.3 Å². The van der Waals surface area contributed by atoms with Crippen LogP contribution in [0.5, 0.6) is 0 Å². The first kappa shape index (κ1) is 9.72. The molecule has 0 saturated heterocycles. The minimum Gasteiger partial charge on any atom is -0.294 e. The van der Waals surface area contributed by atoms with Crippen LogP contribution in [0.3, 0.4) is 0 Å². The van der Waals surface area contributed by atoms with Gasteiger partial charge in [0.25, 0.3) is 0 Å². The van der Waals surface area contributed by atoms with Crippen LogP contribution in [0.4, 0.5) is 0 Å². The number of carbonyl (C=O) groups is 1. The summed E-state index contributed by atoms with van der Waals surface area (Å²) in [5.41, 5.74) is 0.812.